The minimum atomic E-state index is -0.502. The van der Waals surface area contributed by atoms with Crippen LogP contribution in [0.3, 0.4) is 0 Å². The number of nitrogens with zero attached hydrogens (tertiary/aromatic N) is 4. The van der Waals surface area contributed by atoms with E-state index < -0.39 is 4.92 Å². The molecule has 10 heteroatoms. The van der Waals surface area contributed by atoms with E-state index in [2.05, 4.69) is 25.5 Å². The van der Waals surface area contributed by atoms with Crippen molar-refractivity contribution in [3.8, 4) is 0 Å². The first-order valence-corrected chi connectivity index (χ1v) is 9.47. The second-order valence-corrected chi connectivity index (χ2v) is 7.16. The van der Waals surface area contributed by atoms with Crippen molar-refractivity contribution in [2.45, 2.75) is 19.3 Å². The van der Waals surface area contributed by atoms with Gasteiger partial charge in [0.05, 0.1) is 4.92 Å². The van der Waals surface area contributed by atoms with E-state index in [0.717, 1.165) is 19.6 Å². The van der Waals surface area contributed by atoms with Crippen LogP contribution in [0.5, 0.6) is 0 Å². The van der Waals surface area contributed by atoms with E-state index in [9.17, 15) is 10.1 Å². The number of hydrogen-bond donors (Lipinski definition) is 2. The summed E-state index contributed by atoms with van der Waals surface area (Å²) < 4.78 is 0. The highest BCUT2D eigenvalue weighted by Crippen LogP contribution is 2.32. The minimum absolute atomic E-state index is 0.0776. The van der Waals surface area contributed by atoms with Crippen LogP contribution in [0.15, 0.2) is 24.5 Å². The van der Waals surface area contributed by atoms with Crippen LogP contribution in [-0.2, 0) is 0 Å². The molecule has 1 saturated heterocycles. The summed E-state index contributed by atoms with van der Waals surface area (Å²) in [4.78, 5) is 21.5. The molecule has 1 aliphatic heterocycles. The molecule has 144 valence electrons. The lowest BCUT2D eigenvalue weighted by molar-refractivity contribution is -0.383. The van der Waals surface area contributed by atoms with Gasteiger partial charge in [-0.15, -0.1) is 0 Å². The second kappa shape index (κ2) is 9.16. The molecule has 2 aromatic rings. The van der Waals surface area contributed by atoms with Gasteiger partial charge in [0, 0.05) is 28.8 Å². The third kappa shape index (κ3) is 5.41. The van der Waals surface area contributed by atoms with E-state index in [4.69, 9.17) is 23.2 Å². The molecule has 27 heavy (non-hydrogen) atoms. The lowest BCUT2D eigenvalue weighted by Gasteiger charge is -2.26. The SMILES string of the molecule is O=[N+]([O-])c1c(NCCN2CCCCC2)ncnc1Nc1cc(Cl)cc(Cl)c1. The van der Waals surface area contributed by atoms with Crippen molar-refractivity contribution in [3.63, 3.8) is 0 Å². The van der Waals surface area contributed by atoms with Crippen LogP contribution in [0.2, 0.25) is 10.0 Å². The Labute approximate surface area is 167 Å². The van der Waals surface area contributed by atoms with Crippen molar-refractivity contribution in [1.82, 2.24) is 14.9 Å². The van der Waals surface area contributed by atoms with Gasteiger partial charge in [-0.1, -0.05) is 29.6 Å². The summed E-state index contributed by atoms with van der Waals surface area (Å²) in [6.45, 7) is 3.51. The van der Waals surface area contributed by atoms with Crippen molar-refractivity contribution < 1.29 is 4.92 Å². The standard InChI is InChI=1S/C17H20Cl2N6O2/c18-12-8-13(19)10-14(9-12)23-17-15(25(26)27)16(21-11-22-17)20-4-7-24-5-2-1-3-6-24/h8-11H,1-7H2,(H2,20,21,22,23). The summed E-state index contributed by atoms with van der Waals surface area (Å²) in [7, 11) is 0. The number of hydrogen-bond acceptors (Lipinski definition) is 7. The molecule has 1 aromatic carbocycles. The van der Waals surface area contributed by atoms with Crippen molar-refractivity contribution in [2.24, 2.45) is 0 Å². The molecular formula is C17H20Cl2N6O2. The zero-order valence-corrected chi connectivity index (χ0v) is 16.1. The van der Waals surface area contributed by atoms with E-state index in [1.54, 1.807) is 18.2 Å². The molecule has 0 aliphatic carbocycles. The van der Waals surface area contributed by atoms with Crippen LogP contribution in [-0.4, -0.2) is 46.0 Å². The Morgan fingerprint density at radius 3 is 2.41 bits per heavy atom. The summed E-state index contributed by atoms with van der Waals surface area (Å²) in [6.07, 6.45) is 4.95. The minimum Gasteiger partial charge on any atom is -0.363 e. The van der Waals surface area contributed by atoms with Gasteiger partial charge in [0.1, 0.15) is 6.33 Å². The molecule has 0 atom stereocenters. The Morgan fingerprint density at radius 2 is 1.74 bits per heavy atom. The third-order valence-corrected chi connectivity index (χ3v) is 4.74. The normalized spacial score (nSPS) is 14.7. The zero-order valence-electron chi connectivity index (χ0n) is 14.6. The predicted octanol–water partition coefficient (Wildman–Crippen LogP) is 4.33. The topological polar surface area (TPSA) is 96.2 Å². The molecule has 0 unspecified atom stereocenters. The molecule has 0 spiro atoms. The summed E-state index contributed by atoms with van der Waals surface area (Å²) >= 11 is 12.0. The fraction of sp³-hybridized carbons (Fsp3) is 0.412. The number of anilines is 3. The molecule has 1 aliphatic rings. The van der Waals surface area contributed by atoms with E-state index in [1.165, 1.54) is 25.6 Å². The number of benzene rings is 1. The molecule has 2 N–H and O–H groups in total. The van der Waals surface area contributed by atoms with Crippen molar-refractivity contribution in [3.05, 3.63) is 44.7 Å². The highest BCUT2D eigenvalue weighted by atomic mass is 35.5. The summed E-state index contributed by atoms with van der Waals surface area (Å²) in [6, 6.07) is 4.81. The molecule has 0 saturated carbocycles. The van der Waals surface area contributed by atoms with Gasteiger partial charge in [-0.2, -0.15) is 0 Å². The Morgan fingerprint density at radius 1 is 1.07 bits per heavy atom. The maximum atomic E-state index is 11.6. The number of nitro groups is 1. The van der Waals surface area contributed by atoms with Crippen molar-refractivity contribution in [1.29, 1.82) is 0 Å². The Hall–Kier alpha value is -2.16. The quantitative estimate of drug-likeness (QED) is 0.517. The maximum absolute atomic E-state index is 11.6. The smallest absolute Gasteiger partial charge is 0.353 e. The fourth-order valence-electron chi connectivity index (χ4n) is 3.05. The van der Waals surface area contributed by atoms with Crippen LogP contribution in [0, 0.1) is 10.1 Å². The first-order valence-electron chi connectivity index (χ1n) is 8.71. The number of aromatic nitrogens is 2. The predicted molar refractivity (Wildman–Crippen MR) is 107 cm³/mol. The molecule has 1 fully saturated rings. The number of nitrogens with one attached hydrogen (secondary N) is 2. The molecule has 3 rings (SSSR count). The first kappa shape index (κ1) is 19.6. The van der Waals surface area contributed by atoms with Crippen LogP contribution >= 0.6 is 23.2 Å². The van der Waals surface area contributed by atoms with Gasteiger partial charge in [-0.05, 0) is 44.1 Å². The van der Waals surface area contributed by atoms with Gasteiger partial charge in [-0.25, -0.2) is 9.97 Å². The Kier molecular flexibility index (Phi) is 6.65. The highest BCUT2D eigenvalue weighted by Gasteiger charge is 2.23. The average Bonchev–Trinajstić information content (AvgIpc) is 2.61. The lowest BCUT2D eigenvalue weighted by Crippen LogP contribution is -2.33. The molecule has 0 bridgehead atoms. The highest BCUT2D eigenvalue weighted by molar-refractivity contribution is 6.35. The zero-order chi connectivity index (χ0) is 19.2. The van der Waals surface area contributed by atoms with E-state index in [0.29, 0.717) is 22.3 Å². The van der Waals surface area contributed by atoms with Gasteiger partial charge in [-0.3, -0.25) is 10.1 Å². The molecule has 0 amide bonds. The largest absolute Gasteiger partial charge is 0.363 e. The maximum Gasteiger partial charge on any atom is 0.353 e. The van der Waals surface area contributed by atoms with Crippen molar-refractivity contribution >= 4 is 46.2 Å². The van der Waals surface area contributed by atoms with Crippen LogP contribution in [0.4, 0.5) is 23.0 Å². The molecule has 1 aromatic heterocycles. The molecule has 8 nitrogen and oxygen atoms in total. The van der Waals surface area contributed by atoms with Crippen LogP contribution < -0.4 is 10.6 Å². The lowest BCUT2D eigenvalue weighted by atomic mass is 10.1. The summed E-state index contributed by atoms with van der Waals surface area (Å²) in [5.41, 5.74) is 0.292. The van der Waals surface area contributed by atoms with E-state index in [-0.39, 0.29) is 17.3 Å². The van der Waals surface area contributed by atoms with Crippen molar-refractivity contribution in [2.75, 3.05) is 36.8 Å². The number of likely N-dealkylation sites (tertiary alicyclic amines) is 1. The van der Waals surface area contributed by atoms with Gasteiger partial charge in [0.25, 0.3) is 0 Å². The average molecular weight is 411 g/mol. The molecular weight excluding hydrogens is 391 g/mol. The number of rotatable bonds is 7. The Balaban J connectivity index is 1.74. The number of piperidine rings is 1. The Bertz CT molecular complexity index is 794. The fourth-order valence-corrected chi connectivity index (χ4v) is 3.58. The van der Waals surface area contributed by atoms with Gasteiger partial charge >= 0.3 is 5.69 Å². The van der Waals surface area contributed by atoms with Gasteiger partial charge in [0.15, 0.2) is 0 Å². The summed E-state index contributed by atoms with van der Waals surface area (Å²) in [5, 5.41) is 18.4. The van der Waals surface area contributed by atoms with Crippen LogP contribution in [0.1, 0.15) is 19.3 Å². The molecule has 0 radical (unpaired) electrons. The van der Waals surface area contributed by atoms with Crippen LogP contribution in [0.25, 0.3) is 0 Å². The van der Waals surface area contributed by atoms with Gasteiger partial charge in [0.2, 0.25) is 11.6 Å². The number of halogens is 2. The monoisotopic (exact) mass is 410 g/mol. The first-order chi connectivity index (χ1) is 13.0. The second-order valence-electron chi connectivity index (χ2n) is 6.29. The third-order valence-electron chi connectivity index (χ3n) is 4.30. The van der Waals surface area contributed by atoms with E-state index >= 15 is 0 Å². The molecule has 2 heterocycles. The van der Waals surface area contributed by atoms with E-state index in [1.807, 2.05) is 0 Å². The summed E-state index contributed by atoms with van der Waals surface area (Å²) in [5.74, 6) is 0.261. The van der Waals surface area contributed by atoms with Gasteiger partial charge < -0.3 is 15.5 Å².